The van der Waals surface area contributed by atoms with Crippen LogP contribution < -0.4 is 5.32 Å². The summed E-state index contributed by atoms with van der Waals surface area (Å²) in [5, 5.41) is 3.22. The Balaban J connectivity index is 1.50. The molecule has 4 nitrogen and oxygen atoms in total. The highest BCUT2D eigenvalue weighted by atomic mass is 16.5. The number of aromatic nitrogens is 1. The van der Waals surface area contributed by atoms with E-state index >= 15 is 0 Å². The molecule has 142 valence electrons. The van der Waals surface area contributed by atoms with Gasteiger partial charge in [0.05, 0.1) is 12.2 Å². The molecule has 1 saturated heterocycles. The van der Waals surface area contributed by atoms with Gasteiger partial charge in [0.1, 0.15) is 0 Å². The Morgan fingerprint density at radius 2 is 1.61 bits per heavy atom. The average molecular weight is 372 g/mol. The van der Waals surface area contributed by atoms with Gasteiger partial charge in [0.15, 0.2) is 0 Å². The summed E-state index contributed by atoms with van der Waals surface area (Å²) >= 11 is 0. The number of hydrogen-bond acceptors (Lipinski definition) is 3. The Labute approximate surface area is 165 Å². The number of hydrogen-bond donors (Lipinski definition) is 1. The van der Waals surface area contributed by atoms with Gasteiger partial charge in [0.25, 0.3) is 5.91 Å². The summed E-state index contributed by atoms with van der Waals surface area (Å²) in [6.45, 7) is 0. The first kappa shape index (κ1) is 18.4. The molecule has 0 saturated carbocycles. The number of amides is 1. The lowest BCUT2D eigenvalue weighted by atomic mass is 9.91. The maximum atomic E-state index is 12.7. The van der Waals surface area contributed by atoms with Crippen LogP contribution in [0.2, 0.25) is 0 Å². The van der Waals surface area contributed by atoms with Crippen molar-refractivity contribution >= 4 is 5.91 Å². The second kappa shape index (κ2) is 8.81. The van der Waals surface area contributed by atoms with E-state index in [1.54, 1.807) is 12.4 Å². The molecule has 1 fully saturated rings. The predicted octanol–water partition coefficient (Wildman–Crippen LogP) is 4.34. The van der Waals surface area contributed by atoms with E-state index in [0.29, 0.717) is 5.56 Å². The lowest BCUT2D eigenvalue weighted by molar-refractivity contribution is -0.0614. The van der Waals surface area contributed by atoms with Crippen LogP contribution >= 0.6 is 0 Å². The number of pyridine rings is 1. The minimum Gasteiger partial charge on any atom is -0.370 e. The first-order chi connectivity index (χ1) is 13.8. The molecule has 1 aliphatic heterocycles. The lowest BCUT2D eigenvalue weighted by Crippen LogP contribution is -2.43. The van der Waals surface area contributed by atoms with E-state index in [2.05, 4.69) is 22.4 Å². The van der Waals surface area contributed by atoms with Gasteiger partial charge >= 0.3 is 0 Å². The fourth-order valence-electron chi connectivity index (χ4n) is 3.79. The number of nitrogens with one attached hydrogen (secondary N) is 1. The van der Waals surface area contributed by atoms with Crippen LogP contribution in [-0.2, 0) is 11.2 Å². The van der Waals surface area contributed by atoms with Gasteiger partial charge in [-0.3, -0.25) is 9.78 Å². The molecule has 2 heterocycles. The summed E-state index contributed by atoms with van der Waals surface area (Å²) in [6.07, 6.45) is 5.97. The van der Waals surface area contributed by atoms with E-state index < -0.39 is 0 Å². The molecular formula is C24H24N2O2. The first-order valence-corrected chi connectivity index (χ1v) is 9.73. The molecule has 4 rings (SSSR count). The van der Waals surface area contributed by atoms with Crippen LogP contribution in [-0.4, -0.2) is 23.0 Å². The second-order valence-corrected chi connectivity index (χ2v) is 7.22. The molecule has 0 bridgehead atoms. The van der Waals surface area contributed by atoms with Crippen molar-refractivity contribution in [2.75, 3.05) is 0 Å². The number of rotatable bonds is 5. The van der Waals surface area contributed by atoms with Gasteiger partial charge < -0.3 is 10.1 Å². The third-order valence-corrected chi connectivity index (χ3v) is 5.16. The number of carbonyl (C=O) groups is 1. The monoisotopic (exact) mass is 372 g/mol. The topological polar surface area (TPSA) is 51.2 Å². The van der Waals surface area contributed by atoms with Crippen molar-refractivity contribution in [2.45, 2.75) is 37.5 Å². The minimum atomic E-state index is -0.0495. The van der Waals surface area contributed by atoms with Crippen molar-refractivity contribution in [1.29, 1.82) is 0 Å². The van der Waals surface area contributed by atoms with Gasteiger partial charge in [-0.15, -0.1) is 0 Å². The van der Waals surface area contributed by atoms with Gasteiger partial charge in [-0.2, -0.15) is 0 Å². The van der Waals surface area contributed by atoms with Crippen LogP contribution in [0.1, 0.15) is 40.4 Å². The maximum Gasteiger partial charge on any atom is 0.251 e. The molecule has 1 aromatic heterocycles. The lowest BCUT2D eigenvalue weighted by Gasteiger charge is -2.36. The zero-order valence-corrected chi connectivity index (χ0v) is 15.7. The molecule has 0 aliphatic carbocycles. The molecule has 3 atom stereocenters. The standard InChI is InChI=1S/C24H24N2O2/c27-24(20-9-5-2-6-10-20)26-21-16-22(15-18-7-3-1-4-8-18)28-23(17-21)19-11-13-25-14-12-19/h1-14,21-23H,15-17H2,(H,26,27)/t21-,22+,23+/m0/s1. The molecule has 4 heteroatoms. The zero-order chi connectivity index (χ0) is 19.2. The van der Waals surface area contributed by atoms with E-state index in [1.807, 2.05) is 60.7 Å². The summed E-state index contributed by atoms with van der Waals surface area (Å²) < 4.78 is 6.41. The third kappa shape index (κ3) is 4.65. The largest absolute Gasteiger partial charge is 0.370 e. The predicted molar refractivity (Wildman–Crippen MR) is 109 cm³/mol. The van der Waals surface area contributed by atoms with Crippen molar-refractivity contribution in [3.63, 3.8) is 0 Å². The van der Waals surface area contributed by atoms with Crippen molar-refractivity contribution in [1.82, 2.24) is 10.3 Å². The maximum absolute atomic E-state index is 12.7. The summed E-state index contributed by atoms with van der Waals surface area (Å²) in [4.78, 5) is 16.8. The molecule has 0 spiro atoms. The van der Waals surface area contributed by atoms with Crippen molar-refractivity contribution < 1.29 is 9.53 Å². The second-order valence-electron chi connectivity index (χ2n) is 7.22. The van der Waals surface area contributed by atoms with Crippen molar-refractivity contribution in [3.05, 3.63) is 102 Å². The zero-order valence-electron chi connectivity index (χ0n) is 15.7. The van der Waals surface area contributed by atoms with Crippen LogP contribution in [0.3, 0.4) is 0 Å². The smallest absolute Gasteiger partial charge is 0.251 e. The molecule has 1 aliphatic rings. The number of ether oxygens (including phenoxy) is 1. The van der Waals surface area contributed by atoms with E-state index in [0.717, 1.165) is 24.8 Å². The number of nitrogens with zero attached hydrogens (tertiary/aromatic N) is 1. The number of benzene rings is 2. The van der Waals surface area contributed by atoms with Crippen LogP contribution in [0.5, 0.6) is 0 Å². The molecule has 1 amide bonds. The minimum absolute atomic E-state index is 0.0283. The highest BCUT2D eigenvalue weighted by Crippen LogP contribution is 2.32. The van der Waals surface area contributed by atoms with Gasteiger partial charge in [-0.25, -0.2) is 0 Å². The molecule has 1 N–H and O–H groups in total. The molecule has 0 unspecified atom stereocenters. The number of carbonyl (C=O) groups excluding carboxylic acids is 1. The molecule has 28 heavy (non-hydrogen) atoms. The molecule has 0 radical (unpaired) electrons. The van der Waals surface area contributed by atoms with Crippen molar-refractivity contribution in [3.8, 4) is 0 Å². The van der Waals surface area contributed by atoms with E-state index in [4.69, 9.17) is 4.74 Å². The highest BCUT2D eigenvalue weighted by Gasteiger charge is 2.31. The quantitative estimate of drug-likeness (QED) is 0.725. The Kier molecular flexibility index (Phi) is 5.78. The Morgan fingerprint density at radius 1 is 0.929 bits per heavy atom. The molecular weight excluding hydrogens is 348 g/mol. The molecule has 2 aromatic carbocycles. The summed E-state index contributed by atoms with van der Waals surface area (Å²) in [7, 11) is 0. The van der Waals surface area contributed by atoms with Crippen LogP contribution in [0.25, 0.3) is 0 Å². The summed E-state index contributed by atoms with van der Waals surface area (Å²) in [5.74, 6) is -0.0283. The first-order valence-electron chi connectivity index (χ1n) is 9.73. The summed E-state index contributed by atoms with van der Waals surface area (Å²) in [6, 6.07) is 23.8. The third-order valence-electron chi connectivity index (χ3n) is 5.16. The van der Waals surface area contributed by atoms with Gasteiger partial charge in [-0.05, 0) is 54.7 Å². The van der Waals surface area contributed by atoms with Crippen molar-refractivity contribution in [2.24, 2.45) is 0 Å². The Bertz CT molecular complexity index is 884. The van der Waals surface area contributed by atoms with Crippen LogP contribution in [0.4, 0.5) is 0 Å². The Morgan fingerprint density at radius 3 is 2.32 bits per heavy atom. The van der Waals surface area contributed by atoms with Crippen LogP contribution in [0.15, 0.2) is 85.2 Å². The Hall–Kier alpha value is -2.98. The van der Waals surface area contributed by atoms with Gasteiger partial charge in [-0.1, -0.05) is 48.5 Å². The highest BCUT2D eigenvalue weighted by molar-refractivity contribution is 5.94. The normalized spacial score (nSPS) is 21.8. The SMILES string of the molecule is O=C(N[C@H]1C[C@@H](Cc2ccccc2)O[C@@H](c2ccncc2)C1)c1ccccc1. The van der Waals surface area contributed by atoms with Gasteiger partial charge in [0.2, 0.25) is 0 Å². The van der Waals surface area contributed by atoms with Gasteiger partial charge in [0, 0.05) is 24.0 Å². The van der Waals surface area contributed by atoms with E-state index in [-0.39, 0.29) is 24.2 Å². The summed E-state index contributed by atoms with van der Waals surface area (Å²) in [5.41, 5.74) is 3.04. The molecule has 3 aromatic rings. The fraction of sp³-hybridized carbons (Fsp3) is 0.250. The fourth-order valence-corrected chi connectivity index (χ4v) is 3.79. The van der Waals surface area contributed by atoms with E-state index in [9.17, 15) is 4.79 Å². The van der Waals surface area contributed by atoms with Crippen LogP contribution in [0, 0.1) is 0 Å². The average Bonchev–Trinajstić information content (AvgIpc) is 2.75. The van der Waals surface area contributed by atoms with E-state index in [1.165, 1.54) is 5.56 Å².